The quantitative estimate of drug-likeness (QED) is 0.611. The molecule has 4 rings (SSSR count). The second-order valence-corrected chi connectivity index (χ2v) is 7.87. The minimum Gasteiger partial charge on any atom is -0.348 e. The molecule has 6 heteroatoms. The highest BCUT2D eigenvalue weighted by Crippen LogP contribution is 2.18. The Labute approximate surface area is 182 Å². The second kappa shape index (κ2) is 9.60. The molecular formula is C25H28N4O2. The van der Waals surface area contributed by atoms with Crippen LogP contribution in [-0.2, 0) is 30.8 Å². The lowest BCUT2D eigenvalue weighted by Crippen LogP contribution is -2.27. The third-order valence-corrected chi connectivity index (χ3v) is 5.79. The lowest BCUT2D eigenvalue weighted by molar-refractivity contribution is -0.128. The molecule has 1 aliphatic heterocycles. The van der Waals surface area contributed by atoms with E-state index in [4.69, 9.17) is 0 Å². The highest BCUT2D eigenvalue weighted by molar-refractivity contribution is 5.95. The summed E-state index contributed by atoms with van der Waals surface area (Å²) in [5.41, 5.74) is 4.80. The molecule has 1 aromatic heterocycles. The van der Waals surface area contributed by atoms with Gasteiger partial charge in [0.25, 0.3) is 5.91 Å². The van der Waals surface area contributed by atoms with Crippen molar-refractivity contribution in [2.75, 3.05) is 6.54 Å². The van der Waals surface area contributed by atoms with E-state index >= 15 is 0 Å². The maximum Gasteiger partial charge on any atom is 0.255 e. The maximum absolute atomic E-state index is 12.9. The van der Waals surface area contributed by atoms with Crippen molar-refractivity contribution in [3.63, 3.8) is 0 Å². The number of aromatic nitrogens is 2. The van der Waals surface area contributed by atoms with Crippen molar-refractivity contribution in [3.05, 3.63) is 88.7 Å². The number of rotatable bonds is 8. The second-order valence-electron chi connectivity index (χ2n) is 7.87. The van der Waals surface area contributed by atoms with E-state index in [0.717, 1.165) is 41.8 Å². The largest absolute Gasteiger partial charge is 0.348 e. The van der Waals surface area contributed by atoms with Gasteiger partial charge in [-0.25, -0.2) is 0 Å². The van der Waals surface area contributed by atoms with Crippen LogP contribution in [0.4, 0.5) is 0 Å². The molecular weight excluding hydrogens is 388 g/mol. The zero-order chi connectivity index (χ0) is 21.6. The van der Waals surface area contributed by atoms with Crippen molar-refractivity contribution in [1.82, 2.24) is 20.0 Å². The molecule has 160 valence electrons. The highest BCUT2D eigenvalue weighted by atomic mass is 16.2. The Morgan fingerprint density at radius 1 is 1.03 bits per heavy atom. The monoisotopic (exact) mass is 416 g/mol. The minimum atomic E-state index is -0.122. The Bertz CT molecular complexity index is 1060. The molecule has 1 N–H and O–H groups in total. The number of hydrogen-bond acceptors (Lipinski definition) is 3. The summed E-state index contributed by atoms with van der Waals surface area (Å²) >= 11 is 0. The van der Waals surface area contributed by atoms with Crippen LogP contribution < -0.4 is 5.32 Å². The summed E-state index contributed by atoms with van der Waals surface area (Å²) in [6, 6.07) is 18.1. The number of likely N-dealkylation sites (tertiary alicyclic amines) is 1. The first kappa shape index (κ1) is 20.8. The Kier molecular flexibility index (Phi) is 6.46. The third-order valence-electron chi connectivity index (χ3n) is 5.79. The van der Waals surface area contributed by atoms with Gasteiger partial charge < -0.3 is 10.2 Å². The molecule has 1 saturated heterocycles. The number of carbonyl (C=O) groups is 2. The van der Waals surface area contributed by atoms with E-state index in [1.807, 2.05) is 59.0 Å². The number of benzene rings is 2. The molecule has 1 aliphatic rings. The van der Waals surface area contributed by atoms with E-state index < -0.39 is 0 Å². The van der Waals surface area contributed by atoms with E-state index in [1.165, 1.54) is 0 Å². The van der Waals surface area contributed by atoms with Gasteiger partial charge in [0.1, 0.15) is 0 Å². The molecule has 2 aromatic carbocycles. The van der Waals surface area contributed by atoms with Crippen LogP contribution in [0.3, 0.4) is 0 Å². The summed E-state index contributed by atoms with van der Waals surface area (Å²) in [7, 11) is 0. The van der Waals surface area contributed by atoms with Crippen LogP contribution in [0, 0.1) is 0 Å². The van der Waals surface area contributed by atoms with Crippen LogP contribution in [0.5, 0.6) is 0 Å². The molecule has 0 saturated carbocycles. The molecule has 0 bridgehead atoms. The summed E-state index contributed by atoms with van der Waals surface area (Å²) in [6.07, 6.45) is 3.94. The molecule has 0 radical (unpaired) electrons. The van der Waals surface area contributed by atoms with Gasteiger partial charge in [0.2, 0.25) is 5.91 Å². The van der Waals surface area contributed by atoms with E-state index in [9.17, 15) is 9.59 Å². The average Bonchev–Trinajstić information content (AvgIpc) is 3.39. The van der Waals surface area contributed by atoms with Gasteiger partial charge in [0.05, 0.1) is 24.0 Å². The van der Waals surface area contributed by atoms with Crippen LogP contribution in [0.2, 0.25) is 0 Å². The molecule has 0 aliphatic carbocycles. The summed E-state index contributed by atoms with van der Waals surface area (Å²) in [4.78, 5) is 26.8. The van der Waals surface area contributed by atoms with Gasteiger partial charge in [0.15, 0.2) is 0 Å². The topological polar surface area (TPSA) is 67.2 Å². The van der Waals surface area contributed by atoms with E-state index in [1.54, 1.807) is 6.20 Å². The van der Waals surface area contributed by atoms with Crippen molar-refractivity contribution in [3.8, 4) is 0 Å². The summed E-state index contributed by atoms with van der Waals surface area (Å²) < 4.78 is 1.90. The normalized spacial score (nSPS) is 13.6. The highest BCUT2D eigenvalue weighted by Gasteiger charge is 2.21. The van der Waals surface area contributed by atoms with E-state index in [2.05, 4.69) is 22.5 Å². The van der Waals surface area contributed by atoms with Crippen molar-refractivity contribution < 1.29 is 9.59 Å². The van der Waals surface area contributed by atoms with E-state index in [0.29, 0.717) is 31.6 Å². The van der Waals surface area contributed by atoms with Gasteiger partial charge in [-0.1, -0.05) is 61.5 Å². The van der Waals surface area contributed by atoms with Crippen molar-refractivity contribution in [2.24, 2.45) is 0 Å². The van der Waals surface area contributed by atoms with Crippen LogP contribution >= 0.6 is 0 Å². The molecule has 1 fully saturated rings. The van der Waals surface area contributed by atoms with Crippen LogP contribution in [0.25, 0.3) is 0 Å². The molecule has 0 unspecified atom stereocenters. The fraction of sp³-hybridized carbons (Fsp3) is 0.320. The zero-order valence-electron chi connectivity index (χ0n) is 17.9. The number of nitrogens with one attached hydrogen (secondary N) is 1. The minimum absolute atomic E-state index is 0.122. The molecule has 2 amide bonds. The molecule has 6 nitrogen and oxygen atoms in total. The first-order chi connectivity index (χ1) is 15.2. The van der Waals surface area contributed by atoms with Crippen molar-refractivity contribution >= 4 is 11.8 Å². The molecule has 3 aromatic rings. The van der Waals surface area contributed by atoms with Gasteiger partial charge >= 0.3 is 0 Å². The summed E-state index contributed by atoms with van der Waals surface area (Å²) in [6.45, 7) is 4.51. The average molecular weight is 417 g/mol. The van der Waals surface area contributed by atoms with E-state index in [-0.39, 0.29) is 11.8 Å². The molecule has 0 atom stereocenters. The SMILES string of the molecule is CCc1c(C(=O)NCc2ccccc2CN2CCCC2=O)cnn1Cc1ccccc1. The smallest absolute Gasteiger partial charge is 0.255 e. The fourth-order valence-electron chi connectivity index (χ4n) is 4.10. The Balaban J connectivity index is 1.44. The van der Waals surface area contributed by atoms with Gasteiger partial charge in [-0.15, -0.1) is 0 Å². The van der Waals surface area contributed by atoms with Crippen LogP contribution in [0.1, 0.15) is 52.5 Å². The predicted molar refractivity (Wildman–Crippen MR) is 119 cm³/mol. The van der Waals surface area contributed by atoms with Crippen LogP contribution in [-0.4, -0.2) is 33.0 Å². The first-order valence-corrected chi connectivity index (χ1v) is 10.9. The third kappa shape index (κ3) is 4.85. The fourth-order valence-corrected chi connectivity index (χ4v) is 4.10. The number of nitrogens with zero attached hydrogens (tertiary/aromatic N) is 3. The lowest BCUT2D eigenvalue weighted by Gasteiger charge is -2.18. The number of amides is 2. The van der Waals surface area contributed by atoms with Gasteiger partial charge in [0, 0.05) is 26.1 Å². The molecule has 2 heterocycles. The van der Waals surface area contributed by atoms with Gasteiger partial charge in [-0.05, 0) is 29.5 Å². The number of carbonyl (C=O) groups excluding carboxylic acids is 2. The molecule has 0 spiro atoms. The Morgan fingerprint density at radius 3 is 2.48 bits per heavy atom. The molecule has 31 heavy (non-hydrogen) atoms. The first-order valence-electron chi connectivity index (χ1n) is 10.9. The zero-order valence-corrected chi connectivity index (χ0v) is 17.9. The maximum atomic E-state index is 12.9. The van der Waals surface area contributed by atoms with Gasteiger partial charge in [-0.2, -0.15) is 5.10 Å². The summed E-state index contributed by atoms with van der Waals surface area (Å²) in [5, 5.41) is 7.51. The van der Waals surface area contributed by atoms with Crippen molar-refractivity contribution in [2.45, 2.75) is 45.8 Å². The predicted octanol–water partition coefficient (Wildman–Crippen LogP) is 3.55. The van der Waals surface area contributed by atoms with Crippen molar-refractivity contribution in [1.29, 1.82) is 0 Å². The van der Waals surface area contributed by atoms with Gasteiger partial charge in [-0.3, -0.25) is 14.3 Å². The lowest BCUT2D eigenvalue weighted by atomic mass is 10.1. The van der Waals surface area contributed by atoms with Crippen LogP contribution in [0.15, 0.2) is 60.8 Å². The summed E-state index contributed by atoms with van der Waals surface area (Å²) in [5.74, 6) is 0.0838. The number of hydrogen-bond donors (Lipinski definition) is 1. The Hall–Kier alpha value is -3.41. The Morgan fingerprint density at radius 2 is 1.77 bits per heavy atom. The standard InChI is InChI=1S/C25H28N4O2/c1-2-23-22(16-27-29(23)17-19-9-4-3-5-10-19)25(31)26-15-20-11-6-7-12-21(20)18-28-14-8-13-24(28)30/h3-7,9-12,16H,2,8,13-15,17-18H2,1H3,(H,26,31).